The highest BCUT2D eigenvalue weighted by atomic mass is 16.3. The molecule has 0 saturated heterocycles. The molecule has 0 fully saturated rings. The predicted octanol–water partition coefficient (Wildman–Crippen LogP) is 17.5. The largest absolute Gasteiger partial charge is 0.456 e. The van der Waals surface area contributed by atoms with Crippen molar-refractivity contribution in [2.75, 3.05) is 4.90 Å². The fraction of sp³-hybridized carbons (Fsp3) is 0.0476. The Morgan fingerprint density at radius 2 is 0.985 bits per heavy atom. The lowest BCUT2D eigenvalue weighted by Gasteiger charge is -2.31. The van der Waals surface area contributed by atoms with Crippen molar-refractivity contribution < 1.29 is 4.42 Å². The van der Waals surface area contributed by atoms with E-state index in [-0.39, 0.29) is 5.41 Å². The Bertz CT molecular complexity index is 3840. The van der Waals surface area contributed by atoms with Crippen LogP contribution >= 0.6 is 0 Å². The highest BCUT2D eigenvalue weighted by Gasteiger charge is 2.38. The summed E-state index contributed by atoms with van der Waals surface area (Å²) >= 11 is 0. The maximum Gasteiger partial charge on any atom is 0.137 e. The number of anilines is 3. The van der Waals surface area contributed by atoms with Gasteiger partial charge in [-0.2, -0.15) is 0 Å². The Labute approximate surface area is 384 Å². The third-order valence-corrected chi connectivity index (χ3v) is 14.0. The molecule has 12 aromatic rings. The Morgan fingerprint density at radius 1 is 0.379 bits per heavy atom. The van der Waals surface area contributed by atoms with Gasteiger partial charge in [0.2, 0.25) is 0 Å². The summed E-state index contributed by atoms with van der Waals surface area (Å²) in [6.45, 7) is 4.72. The van der Waals surface area contributed by atoms with Crippen LogP contribution in [0.1, 0.15) is 25.0 Å². The second-order valence-electron chi connectivity index (χ2n) is 18.1. The van der Waals surface area contributed by atoms with Gasteiger partial charge in [0, 0.05) is 38.4 Å². The van der Waals surface area contributed by atoms with Crippen LogP contribution in [0.2, 0.25) is 0 Å². The van der Waals surface area contributed by atoms with Crippen LogP contribution in [0.25, 0.3) is 93.9 Å². The molecule has 2 aromatic heterocycles. The van der Waals surface area contributed by atoms with Crippen molar-refractivity contribution in [3.8, 4) is 50.2 Å². The van der Waals surface area contributed by atoms with Crippen LogP contribution < -0.4 is 4.90 Å². The van der Waals surface area contributed by atoms with Crippen LogP contribution in [-0.2, 0) is 5.41 Å². The van der Waals surface area contributed by atoms with Crippen molar-refractivity contribution in [2.24, 2.45) is 0 Å². The molecule has 0 spiro atoms. The summed E-state index contributed by atoms with van der Waals surface area (Å²) in [6.07, 6.45) is 0. The van der Waals surface area contributed by atoms with Gasteiger partial charge in [-0.1, -0.05) is 172 Å². The van der Waals surface area contributed by atoms with Crippen LogP contribution in [0.5, 0.6) is 0 Å². The zero-order valence-corrected chi connectivity index (χ0v) is 36.7. The predicted molar refractivity (Wildman–Crippen MR) is 277 cm³/mol. The quantitative estimate of drug-likeness (QED) is 0.159. The van der Waals surface area contributed by atoms with E-state index >= 15 is 0 Å². The monoisotopic (exact) mass is 844 g/mol. The van der Waals surface area contributed by atoms with Gasteiger partial charge in [-0.3, -0.25) is 0 Å². The Hall–Kier alpha value is -8.40. The molecule has 10 aromatic carbocycles. The zero-order valence-electron chi connectivity index (χ0n) is 36.7. The van der Waals surface area contributed by atoms with Gasteiger partial charge in [0.25, 0.3) is 0 Å². The molecule has 0 saturated carbocycles. The minimum absolute atomic E-state index is 0.176. The average Bonchev–Trinajstić information content (AvgIpc) is 4.00. The molecule has 0 radical (unpaired) electrons. The first kappa shape index (κ1) is 38.1. The average molecular weight is 845 g/mol. The third kappa shape index (κ3) is 5.83. The molecule has 13 rings (SSSR count). The molecule has 3 heteroatoms. The van der Waals surface area contributed by atoms with Crippen molar-refractivity contribution >= 4 is 60.8 Å². The zero-order chi connectivity index (χ0) is 43.9. The number of hydrogen-bond acceptors (Lipinski definition) is 2. The molecule has 2 heterocycles. The molecule has 3 nitrogen and oxygen atoms in total. The molecule has 312 valence electrons. The van der Waals surface area contributed by atoms with E-state index in [2.05, 4.69) is 254 Å². The van der Waals surface area contributed by atoms with Crippen LogP contribution in [0.15, 0.2) is 235 Å². The van der Waals surface area contributed by atoms with Crippen molar-refractivity contribution in [1.82, 2.24) is 4.57 Å². The summed E-state index contributed by atoms with van der Waals surface area (Å²) in [7, 11) is 0. The number of furan rings is 1. The van der Waals surface area contributed by atoms with Gasteiger partial charge in [0.15, 0.2) is 0 Å². The first-order valence-corrected chi connectivity index (χ1v) is 22.8. The Morgan fingerprint density at radius 3 is 1.80 bits per heavy atom. The molecular weight excluding hydrogens is 801 g/mol. The molecule has 0 bridgehead atoms. The molecule has 0 atom stereocenters. The molecule has 0 unspecified atom stereocenters. The minimum Gasteiger partial charge on any atom is -0.456 e. The standard InChI is InChI=1S/C63H44N2O/c1-63(2)52-26-14-12-25-48(52)61-53(63)27-16-29-57(61)65(55-35-32-43(41-18-6-3-7-19-41)38-49(55)42-20-8-4-9-21-42)58-30-17-31-60-62(58)51-40-45(34-37-59(51)66-60)44-33-36-56-50(39-44)47-24-13-15-28-54(47)64(56)46-22-10-5-11-23-46/h3-40H,1-2H3. The second-order valence-corrected chi connectivity index (χ2v) is 18.1. The number of rotatable bonds is 7. The molecule has 0 aliphatic heterocycles. The van der Waals surface area contributed by atoms with Gasteiger partial charge in [-0.25, -0.2) is 0 Å². The van der Waals surface area contributed by atoms with Crippen LogP contribution in [0.4, 0.5) is 17.1 Å². The SMILES string of the molecule is CC1(C)c2ccccc2-c2c(N(c3ccc(-c4ccccc4)cc3-c3ccccc3)c3cccc4oc5ccc(-c6ccc7c(c6)c6ccccc6n7-c6ccccc6)cc5c34)cccc21. The topological polar surface area (TPSA) is 21.3 Å². The van der Waals surface area contributed by atoms with E-state index in [4.69, 9.17) is 4.42 Å². The van der Waals surface area contributed by atoms with E-state index < -0.39 is 0 Å². The third-order valence-electron chi connectivity index (χ3n) is 14.0. The lowest BCUT2D eigenvalue weighted by Crippen LogP contribution is -2.16. The number of para-hydroxylation sites is 2. The van der Waals surface area contributed by atoms with E-state index in [9.17, 15) is 0 Å². The van der Waals surface area contributed by atoms with Crippen molar-refractivity contribution in [3.05, 3.63) is 242 Å². The van der Waals surface area contributed by atoms with E-state index in [1.54, 1.807) is 0 Å². The maximum absolute atomic E-state index is 6.83. The highest BCUT2D eigenvalue weighted by Crippen LogP contribution is 2.56. The van der Waals surface area contributed by atoms with Crippen molar-refractivity contribution in [1.29, 1.82) is 0 Å². The molecule has 0 N–H and O–H groups in total. The lowest BCUT2D eigenvalue weighted by atomic mass is 9.82. The van der Waals surface area contributed by atoms with E-state index in [0.717, 1.165) is 66.9 Å². The van der Waals surface area contributed by atoms with Gasteiger partial charge < -0.3 is 13.9 Å². The second kappa shape index (κ2) is 14.8. The highest BCUT2D eigenvalue weighted by molar-refractivity contribution is 6.16. The number of fused-ring (bicyclic) bond motifs is 9. The van der Waals surface area contributed by atoms with Crippen LogP contribution in [0.3, 0.4) is 0 Å². The van der Waals surface area contributed by atoms with E-state index in [0.29, 0.717) is 0 Å². The molecule has 0 amide bonds. The van der Waals surface area contributed by atoms with E-state index in [1.807, 2.05) is 0 Å². The molecule has 1 aliphatic rings. The summed E-state index contributed by atoms with van der Waals surface area (Å²) in [5.41, 5.74) is 20.5. The molecule has 66 heavy (non-hydrogen) atoms. The van der Waals surface area contributed by atoms with Crippen LogP contribution in [-0.4, -0.2) is 4.57 Å². The van der Waals surface area contributed by atoms with Gasteiger partial charge in [0.05, 0.1) is 33.5 Å². The molecular formula is C63H44N2O. The first-order valence-electron chi connectivity index (χ1n) is 22.8. The molecule has 1 aliphatic carbocycles. The summed E-state index contributed by atoms with van der Waals surface area (Å²) in [5, 5.41) is 4.61. The van der Waals surface area contributed by atoms with Crippen LogP contribution in [0, 0.1) is 0 Å². The summed E-state index contributed by atoms with van der Waals surface area (Å²) in [4.78, 5) is 2.52. The number of nitrogens with zero attached hydrogens (tertiary/aromatic N) is 2. The fourth-order valence-electron chi connectivity index (χ4n) is 10.9. The Kier molecular flexibility index (Phi) is 8.56. The Balaban J connectivity index is 1.07. The number of hydrogen-bond donors (Lipinski definition) is 0. The van der Waals surface area contributed by atoms with Crippen molar-refractivity contribution in [3.63, 3.8) is 0 Å². The van der Waals surface area contributed by atoms with Gasteiger partial charge >= 0.3 is 0 Å². The fourth-order valence-corrected chi connectivity index (χ4v) is 10.9. The van der Waals surface area contributed by atoms with Crippen molar-refractivity contribution in [2.45, 2.75) is 19.3 Å². The summed E-state index contributed by atoms with van der Waals surface area (Å²) in [5.74, 6) is 0. The first-order chi connectivity index (χ1) is 32.5. The van der Waals surface area contributed by atoms with Gasteiger partial charge in [-0.15, -0.1) is 0 Å². The normalized spacial score (nSPS) is 12.8. The minimum atomic E-state index is -0.176. The maximum atomic E-state index is 6.83. The van der Waals surface area contributed by atoms with Gasteiger partial charge in [-0.05, 0) is 117 Å². The summed E-state index contributed by atoms with van der Waals surface area (Å²) in [6, 6.07) is 83.9. The smallest absolute Gasteiger partial charge is 0.137 e. The number of aromatic nitrogens is 1. The lowest BCUT2D eigenvalue weighted by molar-refractivity contribution is 0.660. The number of benzene rings is 10. The van der Waals surface area contributed by atoms with E-state index in [1.165, 1.54) is 55.2 Å². The van der Waals surface area contributed by atoms with Gasteiger partial charge in [0.1, 0.15) is 11.2 Å². The summed E-state index contributed by atoms with van der Waals surface area (Å²) < 4.78 is 9.20.